The van der Waals surface area contributed by atoms with E-state index >= 15 is 0 Å². The van der Waals surface area contributed by atoms with Gasteiger partial charge in [0.15, 0.2) is 0 Å². The fourth-order valence-corrected chi connectivity index (χ4v) is 4.23. The topological polar surface area (TPSA) is 58.6 Å². The van der Waals surface area contributed by atoms with Crippen LogP contribution in [0.4, 0.5) is 5.69 Å². The van der Waals surface area contributed by atoms with E-state index in [2.05, 4.69) is 28.2 Å². The van der Waals surface area contributed by atoms with Crippen molar-refractivity contribution in [1.82, 2.24) is 4.90 Å². The average Bonchev–Trinajstić information content (AvgIpc) is 3.09. The smallest absolute Gasteiger partial charge is 0.259 e. The molecular formula is C26H33BrN2O3. The first-order valence-corrected chi connectivity index (χ1v) is 12.5. The molecule has 32 heavy (non-hydrogen) atoms. The second-order valence-corrected chi connectivity index (χ2v) is 9.20. The summed E-state index contributed by atoms with van der Waals surface area (Å²) in [6, 6.07) is 12.6. The molecule has 2 aromatic rings. The second kappa shape index (κ2) is 12.6. The number of nitrogens with zero attached hydrogens (tertiary/aromatic N) is 1. The third-order valence-electron chi connectivity index (χ3n) is 5.72. The van der Waals surface area contributed by atoms with Crippen molar-refractivity contribution in [3.8, 4) is 5.75 Å². The molecule has 0 bridgehead atoms. The minimum absolute atomic E-state index is 0.0653. The normalized spacial score (nSPS) is 14.0. The SMILES string of the molecule is CCCCCCOc1ccc(Br)cc1C(=O)Nc1ccc(C(=O)N2CCCCCC2)cc1. The summed E-state index contributed by atoms with van der Waals surface area (Å²) in [7, 11) is 0. The lowest BCUT2D eigenvalue weighted by Gasteiger charge is -2.20. The lowest BCUT2D eigenvalue weighted by Crippen LogP contribution is -2.31. The minimum Gasteiger partial charge on any atom is -0.493 e. The molecule has 0 aliphatic carbocycles. The Kier molecular flexibility index (Phi) is 9.60. The summed E-state index contributed by atoms with van der Waals surface area (Å²) in [6.07, 6.45) is 8.96. The van der Waals surface area contributed by atoms with Crippen LogP contribution < -0.4 is 10.1 Å². The highest BCUT2D eigenvalue weighted by atomic mass is 79.9. The van der Waals surface area contributed by atoms with Crippen LogP contribution in [0, 0.1) is 0 Å². The highest BCUT2D eigenvalue weighted by Crippen LogP contribution is 2.25. The standard InChI is InChI=1S/C26H33BrN2O3/c1-2-3-4-9-18-32-24-15-12-21(27)19-23(24)25(30)28-22-13-10-20(11-14-22)26(31)29-16-7-5-6-8-17-29/h10-15,19H,2-9,16-18H2,1H3,(H,28,30). The molecule has 5 nitrogen and oxygen atoms in total. The first kappa shape index (κ1) is 24.3. The van der Waals surface area contributed by atoms with Crippen LogP contribution in [0.25, 0.3) is 0 Å². The first-order valence-electron chi connectivity index (χ1n) is 11.7. The van der Waals surface area contributed by atoms with Gasteiger partial charge in [-0.1, -0.05) is 55.0 Å². The highest BCUT2D eigenvalue weighted by Gasteiger charge is 2.18. The molecule has 0 atom stereocenters. The number of ether oxygens (including phenoxy) is 1. The van der Waals surface area contributed by atoms with Crippen molar-refractivity contribution in [3.63, 3.8) is 0 Å². The van der Waals surface area contributed by atoms with Gasteiger partial charge in [0.1, 0.15) is 5.75 Å². The summed E-state index contributed by atoms with van der Waals surface area (Å²) in [6.45, 7) is 4.41. The number of anilines is 1. The van der Waals surface area contributed by atoms with Gasteiger partial charge in [0, 0.05) is 28.8 Å². The van der Waals surface area contributed by atoms with Gasteiger partial charge in [-0.15, -0.1) is 0 Å². The van der Waals surface area contributed by atoms with Gasteiger partial charge in [-0.25, -0.2) is 0 Å². The fraction of sp³-hybridized carbons (Fsp3) is 0.462. The van der Waals surface area contributed by atoms with Crippen LogP contribution in [-0.2, 0) is 0 Å². The van der Waals surface area contributed by atoms with Gasteiger partial charge < -0.3 is 15.0 Å². The van der Waals surface area contributed by atoms with Crippen molar-refractivity contribution >= 4 is 33.4 Å². The number of carbonyl (C=O) groups is 2. The third-order valence-corrected chi connectivity index (χ3v) is 6.22. The zero-order chi connectivity index (χ0) is 22.8. The zero-order valence-corrected chi connectivity index (χ0v) is 20.5. The Bertz CT molecular complexity index is 890. The maximum atomic E-state index is 12.9. The van der Waals surface area contributed by atoms with E-state index in [4.69, 9.17) is 4.74 Å². The summed E-state index contributed by atoms with van der Waals surface area (Å²) in [4.78, 5) is 27.6. The molecule has 6 heteroatoms. The third kappa shape index (κ3) is 7.09. The Morgan fingerprint density at radius 3 is 2.38 bits per heavy atom. The monoisotopic (exact) mass is 500 g/mol. The van der Waals surface area contributed by atoms with Crippen molar-refractivity contribution in [2.75, 3.05) is 25.0 Å². The molecule has 1 saturated heterocycles. The number of likely N-dealkylation sites (tertiary alicyclic amines) is 1. The summed E-state index contributed by atoms with van der Waals surface area (Å²) in [5.74, 6) is 0.409. The zero-order valence-electron chi connectivity index (χ0n) is 18.9. The summed E-state index contributed by atoms with van der Waals surface area (Å²) in [5.41, 5.74) is 1.79. The Morgan fingerprint density at radius 2 is 1.69 bits per heavy atom. The molecule has 1 aliphatic heterocycles. The summed E-state index contributed by atoms with van der Waals surface area (Å²) < 4.78 is 6.71. The van der Waals surface area contributed by atoms with Crippen LogP contribution in [0.2, 0.25) is 0 Å². The van der Waals surface area contributed by atoms with Gasteiger partial charge in [0.05, 0.1) is 12.2 Å². The lowest BCUT2D eigenvalue weighted by molar-refractivity contribution is 0.0761. The molecule has 172 valence electrons. The number of hydrogen-bond acceptors (Lipinski definition) is 3. The Hall–Kier alpha value is -2.34. The highest BCUT2D eigenvalue weighted by molar-refractivity contribution is 9.10. The largest absolute Gasteiger partial charge is 0.493 e. The molecule has 0 radical (unpaired) electrons. The van der Waals surface area contributed by atoms with Crippen LogP contribution in [0.5, 0.6) is 5.75 Å². The molecule has 0 aromatic heterocycles. The molecule has 0 saturated carbocycles. The number of benzene rings is 2. The number of rotatable bonds is 9. The van der Waals surface area contributed by atoms with Crippen molar-refractivity contribution in [2.24, 2.45) is 0 Å². The van der Waals surface area contributed by atoms with Crippen molar-refractivity contribution in [1.29, 1.82) is 0 Å². The van der Waals surface area contributed by atoms with Gasteiger partial charge in [0.2, 0.25) is 0 Å². The van der Waals surface area contributed by atoms with E-state index in [-0.39, 0.29) is 11.8 Å². The minimum atomic E-state index is -0.235. The molecule has 0 spiro atoms. The van der Waals surface area contributed by atoms with E-state index < -0.39 is 0 Å². The quantitative estimate of drug-likeness (QED) is 0.390. The van der Waals surface area contributed by atoms with Crippen LogP contribution in [0.1, 0.15) is 79.0 Å². The number of carbonyl (C=O) groups excluding carboxylic acids is 2. The molecule has 0 unspecified atom stereocenters. The Morgan fingerprint density at radius 1 is 0.969 bits per heavy atom. The maximum Gasteiger partial charge on any atom is 0.259 e. The lowest BCUT2D eigenvalue weighted by atomic mass is 10.1. The van der Waals surface area contributed by atoms with Crippen LogP contribution in [0.15, 0.2) is 46.9 Å². The van der Waals surface area contributed by atoms with Gasteiger partial charge >= 0.3 is 0 Å². The number of amides is 2. The summed E-state index contributed by atoms with van der Waals surface area (Å²) >= 11 is 3.44. The molecule has 1 N–H and O–H groups in total. The number of nitrogens with one attached hydrogen (secondary N) is 1. The van der Waals surface area contributed by atoms with Gasteiger partial charge in [-0.2, -0.15) is 0 Å². The molecule has 2 aromatic carbocycles. The molecular weight excluding hydrogens is 468 g/mol. The van der Waals surface area contributed by atoms with Crippen molar-refractivity contribution in [3.05, 3.63) is 58.1 Å². The van der Waals surface area contributed by atoms with E-state index in [1.807, 2.05) is 17.0 Å². The van der Waals surface area contributed by atoms with E-state index in [0.717, 1.165) is 43.2 Å². The molecule has 1 heterocycles. The molecule has 1 fully saturated rings. The predicted molar refractivity (Wildman–Crippen MR) is 133 cm³/mol. The second-order valence-electron chi connectivity index (χ2n) is 8.29. The van der Waals surface area contributed by atoms with Crippen molar-refractivity contribution in [2.45, 2.75) is 58.3 Å². The van der Waals surface area contributed by atoms with Gasteiger partial charge in [0.25, 0.3) is 11.8 Å². The Balaban J connectivity index is 1.62. The molecule has 1 aliphatic rings. The van der Waals surface area contributed by atoms with E-state index in [0.29, 0.717) is 29.2 Å². The first-order chi connectivity index (χ1) is 15.6. The number of halogens is 1. The van der Waals surface area contributed by atoms with Crippen LogP contribution in [-0.4, -0.2) is 36.4 Å². The summed E-state index contributed by atoms with van der Waals surface area (Å²) in [5, 5.41) is 2.93. The van der Waals surface area contributed by atoms with E-state index in [9.17, 15) is 9.59 Å². The number of hydrogen-bond donors (Lipinski definition) is 1. The average molecular weight is 501 g/mol. The van der Waals surface area contributed by atoms with Gasteiger partial charge in [-0.05, 0) is 61.7 Å². The molecule has 3 rings (SSSR count). The fourth-order valence-electron chi connectivity index (χ4n) is 3.87. The molecule has 2 amide bonds. The van der Waals surface area contributed by atoms with Crippen LogP contribution >= 0.6 is 15.9 Å². The van der Waals surface area contributed by atoms with Crippen molar-refractivity contribution < 1.29 is 14.3 Å². The number of unbranched alkanes of at least 4 members (excludes halogenated alkanes) is 3. The van der Waals surface area contributed by atoms with E-state index in [1.54, 1.807) is 30.3 Å². The predicted octanol–water partition coefficient (Wildman–Crippen LogP) is 6.68. The van der Waals surface area contributed by atoms with Crippen LogP contribution in [0.3, 0.4) is 0 Å². The maximum absolute atomic E-state index is 12.9. The van der Waals surface area contributed by atoms with Gasteiger partial charge in [-0.3, -0.25) is 9.59 Å². The Labute approximate surface area is 199 Å². The van der Waals surface area contributed by atoms with E-state index in [1.165, 1.54) is 25.7 Å².